The first-order valence-corrected chi connectivity index (χ1v) is 10.6. The van der Waals surface area contributed by atoms with E-state index in [-0.39, 0.29) is 18.3 Å². The number of fused-ring (bicyclic) bond motifs is 2. The number of ether oxygens (including phenoxy) is 1. The highest BCUT2D eigenvalue weighted by molar-refractivity contribution is 8.01. The summed E-state index contributed by atoms with van der Waals surface area (Å²) in [6.45, 7) is 0.0446. The van der Waals surface area contributed by atoms with Crippen LogP contribution in [-0.4, -0.2) is 21.9 Å². The van der Waals surface area contributed by atoms with Gasteiger partial charge in [-0.3, -0.25) is 4.79 Å². The van der Waals surface area contributed by atoms with Crippen molar-refractivity contribution in [1.29, 1.82) is 0 Å². The number of esters is 1. The molecule has 3 heterocycles. The van der Waals surface area contributed by atoms with Crippen LogP contribution >= 0.6 is 23.1 Å². The van der Waals surface area contributed by atoms with Gasteiger partial charge in [0.05, 0.1) is 16.0 Å². The van der Waals surface area contributed by atoms with Crippen LogP contribution in [0.2, 0.25) is 0 Å². The molecule has 0 fully saturated rings. The van der Waals surface area contributed by atoms with Crippen LogP contribution in [0.5, 0.6) is 0 Å². The number of benzene rings is 2. The molecule has 5 rings (SSSR count). The normalized spacial score (nSPS) is 11.3. The fourth-order valence-electron chi connectivity index (χ4n) is 2.83. The number of rotatable bonds is 6. The lowest BCUT2D eigenvalue weighted by Gasteiger charge is -2.00. The van der Waals surface area contributed by atoms with E-state index < -0.39 is 0 Å². The van der Waals surface area contributed by atoms with E-state index >= 15 is 0 Å². The van der Waals surface area contributed by atoms with Gasteiger partial charge in [0.25, 0.3) is 0 Å². The topological polar surface area (TPSA) is 78.4 Å². The van der Waals surface area contributed by atoms with Gasteiger partial charge in [0.15, 0.2) is 10.1 Å². The molecule has 5 aromatic rings. The summed E-state index contributed by atoms with van der Waals surface area (Å²) in [5.41, 5.74) is 2.24. The van der Waals surface area contributed by atoms with Crippen LogP contribution in [0.1, 0.15) is 5.69 Å². The molecule has 0 N–H and O–H groups in total. The number of carbonyl (C=O) groups is 1. The molecule has 2 aromatic carbocycles. The third kappa shape index (κ3) is 3.90. The number of furan rings is 1. The van der Waals surface area contributed by atoms with Crippen LogP contribution in [0.4, 0.5) is 0 Å². The van der Waals surface area contributed by atoms with Gasteiger partial charge in [0.2, 0.25) is 5.76 Å². The highest BCUT2D eigenvalue weighted by Gasteiger charge is 2.14. The van der Waals surface area contributed by atoms with Crippen molar-refractivity contribution >= 4 is 50.3 Å². The highest BCUT2D eigenvalue weighted by Crippen LogP contribution is 2.30. The van der Waals surface area contributed by atoms with Crippen molar-refractivity contribution in [2.75, 3.05) is 5.75 Å². The maximum absolute atomic E-state index is 12.1. The van der Waals surface area contributed by atoms with Crippen LogP contribution in [0.25, 0.3) is 32.7 Å². The molecule has 0 saturated carbocycles. The van der Waals surface area contributed by atoms with E-state index in [2.05, 4.69) is 10.1 Å². The van der Waals surface area contributed by atoms with Gasteiger partial charge in [-0.2, -0.15) is 0 Å². The van der Waals surface area contributed by atoms with Crippen LogP contribution in [0.15, 0.2) is 73.9 Å². The Morgan fingerprint density at radius 2 is 1.93 bits per heavy atom. The number of hydrogen-bond donors (Lipinski definition) is 0. The second kappa shape index (κ2) is 7.73. The number of para-hydroxylation sites is 2. The Hall–Kier alpha value is -3.10. The zero-order valence-electron chi connectivity index (χ0n) is 15.0. The third-order valence-corrected chi connectivity index (χ3v) is 6.35. The minimum Gasteiger partial charge on any atom is -0.458 e. The zero-order valence-corrected chi connectivity index (χ0v) is 16.7. The van der Waals surface area contributed by atoms with Crippen molar-refractivity contribution in [2.45, 2.75) is 10.9 Å². The first-order valence-electron chi connectivity index (χ1n) is 8.83. The Morgan fingerprint density at radius 1 is 1.07 bits per heavy atom. The summed E-state index contributed by atoms with van der Waals surface area (Å²) in [7, 11) is 0. The Balaban J connectivity index is 1.17. The molecule has 6 nitrogen and oxygen atoms in total. The van der Waals surface area contributed by atoms with E-state index in [1.165, 1.54) is 11.8 Å². The van der Waals surface area contributed by atoms with Gasteiger partial charge in [-0.05, 0) is 24.3 Å². The lowest BCUT2D eigenvalue weighted by Crippen LogP contribution is -2.07. The van der Waals surface area contributed by atoms with E-state index in [4.69, 9.17) is 13.7 Å². The SMILES string of the molecule is O=C(CSc1nc2ccccc2s1)OCc1cc(-c2cc3ccccc3o2)on1. The van der Waals surface area contributed by atoms with E-state index in [1.54, 1.807) is 17.4 Å². The smallest absolute Gasteiger partial charge is 0.316 e. The maximum Gasteiger partial charge on any atom is 0.316 e. The first kappa shape index (κ1) is 18.0. The predicted molar refractivity (Wildman–Crippen MR) is 112 cm³/mol. The van der Waals surface area contributed by atoms with Crippen molar-refractivity contribution in [3.05, 3.63) is 66.4 Å². The highest BCUT2D eigenvalue weighted by atomic mass is 32.2. The standard InChI is InChI=1S/C21H14N2O4S2/c24-20(12-28-21-22-15-6-2-4-8-19(15)29-21)25-11-14-10-18(27-23-14)17-9-13-5-1-3-7-16(13)26-17/h1-10H,11-12H2. The van der Waals surface area contributed by atoms with Gasteiger partial charge in [0.1, 0.15) is 17.9 Å². The van der Waals surface area contributed by atoms with Crippen molar-refractivity contribution in [3.63, 3.8) is 0 Å². The van der Waals surface area contributed by atoms with Crippen molar-refractivity contribution in [2.24, 2.45) is 0 Å². The van der Waals surface area contributed by atoms with E-state index in [9.17, 15) is 4.79 Å². The van der Waals surface area contributed by atoms with Gasteiger partial charge in [-0.15, -0.1) is 11.3 Å². The predicted octanol–water partition coefficient (Wildman–Crippen LogP) is 5.53. The average Bonchev–Trinajstić information content (AvgIpc) is 3.47. The second-order valence-corrected chi connectivity index (χ2v) is 8.48. The summed E-state index contributed by atoms with van der Waals surface area (Å²) in [4.78, 5) is 16.5. The third-order valence-electron chi connectivity index (χ3n) is 4.20. The van der Waals surface area contributed by atoms with Gasteiger partial charge in [-0.25, -0.2) is 4.98 Å². The molecular weight excluding hydrogens is 408 g/mol. The lowest BCUT2D eigenvalue weighted by atomic mass is 10.2. The molecule has 0 aliphatic carbocycles. The summed E-state index contributed by atoms with van der Waals surface area (Å²) in [6.07, 6.45) is 0. The molecule has 0 unspecified atom stereocenters. The van der Waals surface area contributed by atoms with Crippen LogP contribution in [0.3, 0.4) is 0 Å². The van der Waals surface area contributed by atoms with Crippen molar-refractivity contribution in [3.8, 4) is 11.5 Å². The number of hydrogen-bond acceptors (Lipinski definition) is 8. The number of carbonyl (C=O) groups excluding carboxylic acids is 1. The molecule has 0 spiro atoms. The monoisotopic (exact) mass is 422 g/mol. The van der Waals surface area contributed by atoms with Gasteiger partial charge in [-0.1, -0.05) is 47.3 Å². The number of nitrogens with zero attached hydrogens (tertiary/aromatic N) is 2. The quantitative estimate of drug-likeness (QED) is 0.263. The molecule has 8 heteroatoms. The Morgan fingerprint density at radius 3 is 2.83 bits per heavy atom. The van der Waals surface area contributed by atoms with Crippen molar-refractivity contribution in [1.82, 2.24) is 10.1 Å². The molecule has 0 amide bonds. The molecule has 0 bridgehead atoms. The van der Waals surface area contributed by atoms with E-state index in [0.29, 0.717) is 17.2 Å². The Kier molecular flexibility index (Phi) is 4.79. The average molecular weight is 422 g/mol. The minimum absolute atomic E-state index is 0.0446. The van der Waals surface area contributed by atoms with Crippen LogP contribution in [0, 0.1) is 0 Å². The minimum atomic E-state index is -0.331. The maximum atomic E-state index is 12.1. The molecule has 0 saturated heterocycles. The Bertz CT molecular complexity index is 1240. The first-order chi connectivity index (χ1) is 14.2. The molecule has 3 aromatic heterocycles. The fraction of sp³-hybridized carbons (Fsp3) is 0.0952. The van der Waals surface area contributed by atoms with Crippen molar-refractivity contribution < 1.29 is 18.5 Å². The molecular formula is C21H14N2O4S2. The molecule has 0 atom stereocenters. The number of aromatic nitrogens is 2. The lowest BCUT2D eigenvalue weighted by molar-refractivity contribution is -0.141. The second-order valence-electron chi connectivity index (χ2n) is 6.23. The van der Waals surface area contributed by atoms with Gasteiger partial charge >= 0.3 is 5.97 Å². The summed E-state index contributed by atoms with van der Waals surface area (Å²) in [5, 5.41) is 4.94. The Labute approximate surface area is 173 Å². The van der Waals surface area contributed by atoms with Gasteiger partial charge in [0, 0.05) is 11.5 Å². The molecule has 144 valence electrons. The summed E-state index contributed by atoms with van der Waals surface area (Å²) in [6, 6.07) is 19.2. The van der Waals surface area contributed by atoms with E-state index in [1.807, 2.05) is 54.6 Å². The molecule has 29 heavy (non-hydrogen) atoms. The number of thioether (sulfide) groups is 1. The van der Waals surface area contributed by atoms with Gasteiger partial charge < -0.3 is 13.7 Å². The fourth-order valence-corrected chi connectivity index (χ4v) is 4.70. The largest absolute Gasteiger partial charge is 0.458 e. The van der Waals surface area contributed by atoms with Crippen LogP contribution < -0.4 is 0 Å². The number of thiazole rings is 1. The van der Waals surface area contributed by atoms with Crippen LogP contribution in [-0.2, 0) is 16.1 Å². The summed E-state index contributed by atoms with van der Waals surface area (Å²) in [5.74, 6) is 0.940. The van der Waals surface area contributed by atoms with E-state index in [0.717, 1.165) is 25.5 Å². The molecule has 0 radical (unpaired) electrons. The zero-order chi connectivity index (χ0) is 19.6. The molecule has 0 aliphatic rings. The summed E-state index contributed by atoms with van der Waals surface area (Å²) >= 11 is 2.93. The summed E-state index contributed by atoms with van der Waals surface area (Å²) < 4.78 is 18.3. The molecule has 0 aliphatic heterocycles.